The quantitative estimate of drug-likeness (QED) is 0.645. The summed E-state index contributed by atoms with van der Waals surface area (Å²) in [5.41, 5.74) is 1.08. The van der Waals surface area contributed by atoms with Gasteiger partial charge in [0.25, 0.3) is 11.6 Å². The molecule has 0 radical (unpaired) electrons. The highest BCUT2D eigenvalue weighted by Gasteiger charge is 2.23. The Morgan fingerprint density at radius 3 is 2.84 bits per heavy atom. The summed E-state index contributed by atoms with van der Waals surface area (Å²) in [5.74, 6) is -0.139. The van der Waals surface area contributed by atoms with Crippen molar-refractivity contribution in [2.75, 3.05) is 19.6 Å². The van der Waals surface area contributed by atoms with Crippen LogP contribution in [-0.2, 0) is 0 Å². The second-order valence-electron chi connectivity index (χ2n) is 4.92. The van der Waals surface area contributed by atoms with Crippen LogP contribution >= 0.6 is 0 Å². The second-order valence-corrected chi connectivity index (χ2v) is 4.92. The minimum absolute atomic E-state index is 0.0356. The minimum atomic E-state index is -0.468. The third kappa shape index (κ3) is 3.08. The lowest BCUT2D eigenvalue weighted by Crippen LogP contribution is -2.51. The third-order valence-corrected chi connectivity index (χ3v) is 3.18. The highest BCUT2D eigenvalue weighted by atomic mass is 16.6. The van der Waals surface area contributed by atoms with E-state index in [9.17, 15) is 14.9 Å². The Kier molecular flexibility index (Phi) is 3.80. The van der Waals surface area contributed by atoms with Gasteiger partial charge in [-0.15, -0.1) is 0 Å². The summed E-state index contributed by atoms with van der Waals surface area (Å²) < 4.78 is 0. The Hall–Kier alpha value is -1.95. The maximum absolute atomic E-state index is 12.3. The van der Waals surface area contributed by atoms with Gasteiger partial charge in [0.05, 0.1) is 4.92 Å². The molecule has 0 unspecified atom stereocenters. The van der Waals surface area contributed by atoms with E-state index >= 15 is 0 Å². The first-order valence-electron chi connectivity index (χ1n) is 6.26. The molecular formula is C13H17N3O3. The van der Waals surface area contributed by atoms with Crippen LogP contribution in [-0.4, -0.2) is 41.4 Å². The summed E-state index contributed by atoms with van der Waals surface area (Å²) in [5, 5.41) is 14.1. The van der Waals surface area contributed by atoms with E-state index in [1.165, 1.54) is 12.1 Å². The summed E-state index contributed by atoms with van der Waals surface area (Å²) in [6, 6.07) is 4.76. The first kappa shape index (κ1) is 13.5. The molecule has 0 bridgehead atoms. The monoisotopic (exact) mass is 263 g/mol. The number of carbonyl (C=O) groups is 1. The zero-order valence-electron chi connectivity index (χ0n) is 11.0. The molecule has 6 nitrogen and oxygen atoms in total. The zero-order valence-corrected chi connectivity index (χ0v) is 11.0. The molecule has 0 saturated carbocycles. The number of aryl methyl sites for hydroxylation is 1. The van der Waals surface area contributed by atoms with Gasteiger partial charge in [0.15, 0.2) is 0 Å². The number of hydrogen-bond donors (Lipinski definition) is 1. The van der Waals surface area contributed by atoms with Crippen molar-refractivity contribution in [1.29, 1.82) is 0 Å². The predicted molar refractivity (Wildman–Crippen MR) is 71.2 cm³/mol. The number of benzene rings is 1. The SMILES string of the molecule is Cc1cc(C(=O)N2CCN[C@H](C)C2)cc([N+](=O)[O-])c1. The summed E-state index contributed by atoms with van der Waals surface area (Å²) in [6.07, 6.45) is 0. The number of amides is 1. The standard InChI is InChI=1S/C13H17N3O3/c1-9-5-11(7-12(6-9)16(18)19)13(17)15-4-3-14-10(2)8-15/h5-7,10,14H,3-4,8H2,1-2H3/t10-/m1/s1. The van der Waals surface area contributed by atoms with E-state index < -0.39 is 4.92 Å². The van der Waals surface area contributed by atoms with Gasteiger partial charge in [-0.05, 0) is 25.5 Å². The second kappa shape index (κ2) is 5.36. The Balaban J connectivity index is 2.25. The van der Waals surface area contributed by atoms with Gasteiger partial charge in [-0.2, -0.15) is 0 Å². The Labute approximate surface area is 111 Å². The molecule has 1 aromatic rings. The van der Waals surface area contributed by atoms with Crippen molar-refractivity contribution in [3.8, 4) is 0 Å². The van der Waals surface area contributed by atoms with Crippen LogP contribution < -0.4 is 5.32 Å². The molecular weight excluding hydrogens is 246 g/mol. The molecule has 1 aromatic carbocycles. The van der Waals surface area contributed by atoms with Gasteiger partial charge in [0, 0.05) is 43.4 Å². The third-order valence-electron chi connectivity index (χ3n) is 3.18. The Bertz CT molecular complexity index is 516. The summed E-state index contributed by atoms with van der Waals surface area (Å²) in [7, 11) is 0. The molecule has 1 saturated heterocycles. The molecule has 1 atom stereocenters. The van der Waals surface area contributed by atoms with Crippen LogP contribution in [0.2, 0.25) is 0 Å². The Morgan fingerprint density at radius 2 is 2.21 bits per heavy atom. The topological polar surface area (TPSA) is 75.5 Å². The first-order valence-corrected chi connectivity index (χ1v) is 6.26. The number of nitrogens with zero attached hydrogens (tertiary/aromatic N) is 2. The number of non-ortho nitro benzene ring substituents is 1. The van der Waals surface area contributed by atoms with Crippen LogP contribution in [0, 0.1) is 17.0 Å². The van der Waals surface area contributed by atoms with E-state index in [1.54, 1.807) is 17.9 Å². The van der Waals surface area contributed by atoms with Crippen molar-refractivity contribution in [2.24, 2.45) is 0 Å². The van der Waals surface area contributed by atoms with Crippen LogP contribution in [0.25, 0.3) is 0 Å². The lowest BCUT2D eigenvalue weighted by atomic mass is 10.1. The fourth-order valence-corrected chi connectivity index (χ4v) is 2.29. The molecule has 1 aliphatic heterocycles. The van der Waals surface area contributed by atoms with Gasteiger partial charge in [-0.25, -0.2) is 0 Å². The van der Waals surface area contributed by atoms with E-state index in [2.05, 4.69) is 5.32 Å². The molecule has 1 fully saturated rings. The number of nitro groups is 1. The van der Waals surface area contributed by atoms with Gasteiger partial charge >= 0.3 is 0 Å². The van der Waals surface area contributed by atoms with Crippen molar-refractivity contribution in [2.45, 2.75) is 19.9 Å². The van der Waals surface area contributed by atoms with E-state index in [4.69, 9.17) is 0 Å². The zero-order chi connectivity index (χ0) is 14.0. The fourth-order valence-electron chi connectivity index (χ4n) is 2.29. The van der Waals surface area contributed by atoms with Crippen LogP contribution in [0.3, 0.4) is 0 Å². The number of nitro benzene ring substituents is 1. The van der Waals surface area contributed by atoms with Crippen molar-refractivity contribution in [3.63, 3.8) is 0 Å². The Morgan fingerprint density at radius 1 is 1.47 bits per heavy atom. The molecule has 0 aliphatic carbocycles. The molecule has 0 spiro atoms. The number of rotatable bonds is 2. The average Bonchev–Trinajstić information content (AvgIpc) is 2.37. The molecule has 102 valence electrons. The molecule has 1 N–H and O–H groups in total. The smallest absolute Gasteiger partial charge is 0.270 e. The fraction of sp³-hybridized carbons (Fsp3) is 0.462. The summed E-state index contributed by atoms with van der Waals surface area (Å²) in [4.78, 5) is 24.4. The highest BCUT2D eigenvalue weighted by Crippen LogP contribution is 2.18. The van der Waals surface area contributed by atoms with E-state index in [-0.39, 0.29) is 17.6 Å². The van der Waals surface area contributed by atoms with Crippen molar-refractivity contribution < 1.29 is 9.72 Å². The van der Waals surface area contributed by atoms with Crippen LogP contribution in [0.15, 0.2) is 18.2 Å². The average molecular weight is 263 g/mol. The lowest BCUT2D eigenvalue weighted by molar-refractivity contribution is -0.384. The van der Waals surface area contributed by atoms with Crippen LogP contribution in [0.1, 0.15) is 22.8 Å². The van der Waals surface area contributed by atoms with Gasteiger partial charge in [0.1, 0.15) is 0 Å². The largest absolute Gasteiger partial charge is 0.336 e. The van der Waals surface area contributed by atoms with E-state index in [1.807, 2.05) is 6.92 Å². The van der Waals surface area contributed by atoms with Crippen molar-refractivity contribution >= 4 is 11.6 Å². The number of nitrogens with one attached hydrogen (secondary N) is 1. The van der Waals surface area contributed by atoms with Crippen molar-refractivity contribution in [3.05, 3.63) is 39.4 Å². The molecule has 0 aromatic heterocycles. The maximum Gasteiger partial charge on any atom is 0.270 e. The molecule has 19 heavy (non-hydrogen) atoms. The van der Waals surface area contributed by atoms with Gasteiger partial charge < -0.3 is 10.2 Å². The van der Waals surface area contributed by atoms with Crippen molar-refractivity contribution in [1.82, 2.24) is 10.2 Å². The molecule has 1 heterocycles. The molecule has 2 rings (SSSR count). The lowest BCUT2D eigenvalue weighted by Gasteiger charge is -2.32. The van der Waals surface area contributed by atoms with Crippen LogP contribution in [0.4, 0.5) is 5.69 Å². The molecule has 1 amide bonds. The number of hydrogen-bond acceptors (Lipinski definition) is 4. The summed E-state index contributed by atoms with van der Waals surface area (Å²) >= 11 is 0. The van der Waals surface area contributed by atoms with Crippen LogP contribution in [0.5, 0.6) is 0 Å². The molecule has 6 heteroatoms. The molecule has 1 aliphatic rings. The van der Waals surface area contributed by atoms with Gasteiger partial charge in [0.2, 0.25) is 0 Å². The summed E-state index contributed by atoms with van der Waals surface area (Å²) in [6.45, 7) is 5.77. The predicted octanol–water partition coefficient (Wildman–Crippen LogP) is 1.34. The highest BCUT2D eigenvalue weighted by molar-refractivity contribution is 5.95. The maximum atomic E-state index is 12.3. The number of piperazine rings is 1. The van der Waals surface area contributed by atoms with Gasteiger partial charge in [-0.1, -0.05) is 0 Å². The van der Waals surface area contributed by atoms with E-state index in [0.717, 1.165) is 12.1 Å². The van der Waals surface area contributed by atoms with Gasteiger partial charge in [-0.3, -0.25) is 14.9 Å². The first-order chi connectivity index (χ1) is 8.97. The van der Waals surface area contributed by atoms with E-state index in [0.29, 0.717) is 18.7 Å². The number of carbonyl (C=O) groups excluding carboxylic acids is 1. The minimum Gasteiger partial charge on any atom is -0.336 e. The normalized spacial score (nSPS) is 19.3.